The second-order valence-corrected chi connectivity index (χ2v) is 5.86. The van der Waals surface area contributed by atoms with Crippen LogP contribution in [0.5, 0.6) is 5.75 Å². The predicted octanol–water partition coefficient (Wildman–Crippen LogP) is 2.40. The zero-order valence-electron chi connectivity index (χ0n) is 14.2. The van der Waals surface area contributed by atoms with E-state index in [0.717, 1.165) is 17.7 Å². The molecule has 3 unspecified atom stereocenters. The first kappa shape index (κ1) is 18.5. The van der Waals surface area contributed by atoms with Gasteiger partial charge in [0.2, 0.25) is 5.91 Å². The van der Waals surface area contributed by atoms with Crippen molar-refractivity contribution < 1.29 is 14.3 Å². The third-order valence-electron chi connectivity index (χ3n) is 3.80. The van der Waals surface area contributed by atoms with Gasteiger partial charge < -0.3 is 20.5 Å². The zero-order chi connectivity index (χ0) is 16.8. The molecule has 0 fully saturated rings. The average molecular weight is 308 g/mol. The van der Waals surface area contributed by atoms with Gasteiger partial charge in [0.25, 0.3) is 0 Å². The monoisotopic (exact) mass is 308 g/mol. The number of amides is 1. The minimum absolute atomic E-state index is 0.155. The molecule has 0 aliphatic rings. The van der Waals surface area contributed by atoms with E-state index in [1.165, 1.54) is 0 Å². The SMILES string of the molecule is CCCC(C)(N)C(=O)NC(C)C(OC)c1ccc(OC)cc1. The molecule has 1 aromatic carbocycles. The smallest absolute Gasteiger partial charge is 0.240 e. The number of carbonyl (C=O) groups excluding carboxylic acids is 1. The van der Waals surface area contributed by atoms with Gasteiger partial charge in [-0.2, -0.15) is 0 Å². The highest BCUT2D eigenvalue weighted by Crippen LogP contribution is 2.23. The normalized spacial score (nSPS) is 16.5. The second kappa shape index (κ2) is 8.15. The van der Waals surface area contributed by atoms with Crippen LogP contribution in [0.2, 0.25) is 0 Å². The topological polar surface area (TPSA) is 73.6 Å². The van der Waals surface area contributed by atoms with Crippen molar-refractivity contribution in [2.24, 2.45) is 5.73 Å². The number of ether oxygens (including phenoxy) is 2. The van der Waals surface area contributed by atoms with Crippen LogP contribution in [0.15, 0.2) is 24.3 Å². The zero-order valence-corrected chi connectivity index (χ0v) is 14.2. The van der Waals surface area contributed by atoms with Crippen LogP contribution in [-0.4, -0.2) is 31.7 Å². The molecule has 22 heavy (non-hydrogen) atoms. The van der Waals surface area contributed by atoms with E-state index in [4.69, 9.17) is 15.2 Å². The van der Waals surface area contributed by atoms with Crippen LogP contribution < -0.4 is 15.8 Å². The van der Waals surface area contributed by atoms with Crippen molar-refractivity contribution in [3.63, 3.8) is 0 Å². The summed E-state index contributed by atoms with van der Waals surface area (Å²) in [5.41, 5.74) is 6.19. The molecule has 0 saturated heterocycles. The Labute approximate surface area is 133 Å². The molecular weight excluding hydrogens is 280 g/mol. The summed E-state index contributed by atoms with van der Waals surface area (Å²) in [5, 5.41) is 2.96. The fourth-order valence-electron chi connectivity index (χ4n) is 2.50. The number of methoxy groups -OCH3 is 2. The van der Waals surface area contributed by atoms with E-state index in [0.29, 0.717) is 6.42 Å². The predicted molar refractivity (Wildman–Crippen MR) is 87.8 cm³/mol. The van der Waals surface area contributed by atoms with Gasteiger partial charge in [-0.15, -0.1) is 0 Å². The minimum Gasteiger partial charge on any atom is -0.497 e. The van der Waals surface area contributed by atoms with Gasteiger partial charge in [0.05, 0.1) is 18.7 Å². The van der Waals surface area contributed by atoms with Gasteiger partial charge >= 0.3 is 0 Å². The van der Waals surface area contributed by atoms with Gasteiger partial charge in [-0.1, -0.05) is 25.5 Å². The van der Waals surface area contributed by atoms with Gasteiger partial charge in [0.15, 0.2) is 0 Å². The summed E-state index contributed by atoms with van der Waals surface area (Å²) >= 11 is 0. The molecule has 124 valence electrons. The van der Waals surface area contributed by atoms with Crippen LogP contribution in [0, 0.1) is 0 Å². The first-order valence-electron chi connectivity index (χ1n) is 7.62. The third kappa shape index (κ3) is 4.71. The molecule has 0 bridgehead atoms. The van der Waals surface area contributed by atoms with Crippen molar-refractivity contribution in [2.45, 2.75) is 51.3 Å². The van der Waals surface area contributed by atoms with Crippen molar-refractivity contribution in [3.8, 4) is 5.75 Å². The molecule has 3 atom stereocenters. The van der Waals surface area contributed by atoms with Gasteiger partial charge in [-0.05, 0) is 38.0 Å². The number of hydrogen-bond acceptors (Lipinski definition) is 4. The lowest BCUT2D eigenvalue weighted by Gasteiger charge is -2.29. The highest BCUT2D eigenvalue weighted by Gasteiger charge is 2.30. The maximum Gasteiger partial charge on any atom is 0.240 e. The lowest BCUT2D eigenvalue weighted by Crippen LogP contribution is -2.54. The van der Waals surface area contributed by atoms with Crippen molar-refractivity contribution >= 4 is 5.91 Å². The van der Waals surface area contributed by atoms with Crippen LogP contribution >= 0.6 is 0 Å². The summed E-state index contributed by atoms with van der Waals surface area (Å²) in [4.78, 5) is 12.3. The summed E-state index contributed by atoms with van der Waals surface area (Å²) in [6, 6.07) is 7.43. The van der Waals surface area contributed by atoms with Crippen molar-refractivity contribution in [1.29, 1.82) is 0 Å². The fourth-order valence-corrected chi connectivity index (χ4v) is 2.50. The molecule has 0 aromatic heterocycles. The van der Waals surface area contributed by atoms with E-state index < -0.39 is 5.54 Å². The Balaban J connectivity index is 2.79. The largest absolute Gasteiger partial charge is 0.497 e. The third-order valence-corrected chi connectivity index (χ3v) is 3.80. The second-order valence-electron chi connectivity index (χ2n) is 5.86. The van der Waals surface area contributed by atoms with Crippen molar-refractivity contribution in [3.05, 3.63) is 29.8 Å². The fraction of sp³-hybridized carbons (Fsp3) is 0.588. The van der Waals surface area contributed by atoms with E-state index in [-0.39, 0.29) is 18.1 Å². The molecule has 0 aliphatic carbocycles. The number of hydrogen-bond donors (Lipinski definition) is 2. The lowest BCUT2D eigenvalue weighted by atomic mass is 9.95. The average Bonchev–Trinajstić information content (AvgIpc) is 2.48. The molecule has 0 saturated carbocycles. The Kier molecular flexibility index (Phi) is 6.84. The van der Waals surface area contributed by atoms with Gasteiger partial charge in [-0.3, -0.25) is 4.79 Å². The number of benzene rings is 1. The van der Waals surface area contributed by atoms with Gasteiger partial charge in [0.1, 0.15) is 11.9 Å². The van der Waals surface area contributed by atoms with Crippen LogP contribution in [0.1, 0.15) is 45.3 Å². The van der Waals surface area contributed by atoms with E-state index in [1.54, 1.807) is 21.1 Å². The summed E-state index contributed by atoms with van der Waals surface area (Å²) in [5.74, 6) is 0.630. The Morgan fingerprint density at radius 3 is 2.36 bits per heavy atom. The number of rotatable bonds is 8. The Hall–Kier alpha value is -1.59. The maximum absolute atomic E-state index is 12.3. The quantitative estimate of drug-likeness (QED) is 0.773. The standard InChI is InChI=1S/C17H28N2O3/c1-6-11-17(3,18)16(20)19-12(2)15(22-5)13-7-9-14(21-4)10-8-13/h7-10,12,15H,6,11,18H2,1-5H3,(H,19,20). The number of carbonyl (C=O) groups is 1. The van der Waals surface area contributed by atoms with E-state index in [9.17, 15) is 4.79 Å². The first-order chi connectivity index (χ1) is 10.4. The lowest BCUT2D eigenvalue weighted by molar-refractivity contribution is -0.127. The number of nitrogens with one attached hydrogen (secondary N) is 1. The van der Waals surface area contributed by atoms with E-state index in [2.05, 4.69) is 5.32 Å². The first-order valence-corrected chi connectivity index (χ1v) is 7.62. The summed E-state index contributed by atoms with van der Waals surface area (Å²) in [7, 11) is 3.26. The Morgan fingerprint density at radius 1 is 1.32 bits per heavy atom. The molecule has 5 heteroatoms. The van der Waals surface area contributed by atoms with E-state index >= 15 is 0 Å². The molecule has 0 radical (unpaired) electrons. The molecule has 1 rings (SSSR count). The van der Waals surface area contributed by atoms with E-state index in [1.807, 2.05) is 38.1 Å². The summed E-state index contributed by atoms with van der Waals surface area (Å²) < 4.78 is 10.7. The molecule has 1 aromatic rings. The van der Waals surface area contributed by atoms with Gasteiger partial charge in [0, 0.05) is 7.11 Å². The van der Waals surface area contributed by atoms with Crippen molar-refractivity contribution in [2.75, 3.05) is 14.2 Å². The molecule has 3 N–H and O–H groups in total. The minimum atomic E-state index is -0.860. The van der Waals surface area contributed by atoms with Crippen LogP contribution in [-0.2, 0) is 9.53 Å². The molecule has 5 nitrogen and oxygen atoms in total. The highest BCUT2D eigenvalue weighted by atomic mass is 16.5. The molecule has 1 amide bonds. The Bertz CT molecular complexity index is 471. The molecule has 0 spiro atoms. The van der Waals surface area contributed by atoms with Gasteiger partial charge in [-0.25, -0.2) is 0 Å². The number of nitrogens with two attached hydrogens (primary N) is 1. The van der Waals surface area contributed by atoms with Crippen LogP contribution in [0.3, 0.4) is 0 Å². The van der Waals surface area contributed by atoms with Crippen LogP contribution in [0.25, 0.3) is 0 Å². The highest BCUT2D eigenvalue weighted by molar-refractivity contribution is 5.85. The summed E-state index contributed by atoms with van der Waals surface area (Å²) in [6.45, 7) is 5.68. The molecule has 0 heterocycles. The molecular formula is C17H28N2O3. The summed E-state index contributed by atoms with van der Waals surface area (Å²) in [6.07, 6.45) is 1.26. The van der Waals surface area contributed by atoms with Crippen molar-refractivity contribution in [1.82, 2.24) is 5.32 Å². The Morgan fingerprint density at radius 2 is 1.91 bits per heavy atom. The van der Waals surface area contributed by atoms with Crippen LogP contribution in [0.4, 0.5) is 0 Å². The maximum atomic E-state index is 12.3. The molecule has 0 aliphatic heterocycles.